The van der Waals surface area contributed by atoms with Crippen LogP contribution in [0, 0.1) is 0 Å². The minimum Gasteiger partial charge on any atom is -0.114 e. The predicted octanol–water partition coefficient (Wildman–Crippen LogP) is -2.22. The molecule has 0 fully saturated rings. The van der Waals surface area contributed by atoms with Crippen LogP contribution in [0.2, 0.25) is 0 Å². The van der Waals surface area contributed by atoms with Gasteiger partial charge in [0.05, 0.1) is 0 Å². The van der Waals surface area contributed by atoms with Gasteiger partial charge >= 0.3 is 89.1 Å². The summed E-state index contributed by atoms with van der Waals surface area (Å²) in [6.45, 7) is 0. The van der Waals surface area contributed by atoms with Crippen molar-refractivity contribution in [2.75, 3.05) is 0 Å². The SMILES string of the molecule is Br.Br.[Ca+2].[K+]. The van der Waals surface area contributed by atoms with Crippen molar-refractivity contribution in [3.8, 4) is 0 Å². The summed E-state index contributed by atoms with van der Waals surface area (Å²) in [5, 5.41) is 0. The second-order valence-electron chi connectivity index (χ2n) is 0. The topological polar surface area (TPSA) is 0 Å². The minimum absolute atomic E-state index is 0. The van der Waals surface area contributed by atoms with E-state index in [1.54, 1.807) is 0 Å². The summed E-state index contributed by atoms with van der Waals surface area (Å²) < 4.78 is 0. The Morgan fingerprint density at radius 2 is 0.750 bits per heavy atom. The van der Waals surface area contributed by atoms with Crippen LogP contribution in [0.5, 0.6) is 0 Å². The molecule has 0 aromatic heterocycles. The van der Waals surface area contributed by atoms with Gasteiger partial charge in [-0.15, -0.1) is 34.0 Å². The van der Waals surface area contributed by atoms with Crippen molar-refractivity contribution in [2.45, 2.75) is 0 Å². The molecule has 0 aliphatic heterocycles. The molecule has 0 N–H and O–H groups in total. The third kappa shape index (κ3) is 9.29. The monoisotopic (exact) mass is 239 g/mol. The first kappa shape index (κ1) is 24.8. The van der Waals surface area contributed by atoms with E-state index >= 15 is 0 Å². The van der Waals surface area contributed by atoms with E-state index in [1.165, 1.54) is 0 Å². The van der Waals surface area contributed by atoms with Crippen LogP contribution >= 0.6 is 34.0 Å². The number of hydrogen-bond donors (Lipinski definition) is 0. The smallest absolute Gasteiger partial charge is 0.114 e. The van der Waals surface area contributed by atoms with Gasteiger partial charge in [-0.3, -0.25) is 0 Å². The molecule has 4 heavy (non-hydrogen) atoms. The van der Waals surface area contributed by atoms with E-state index in [0.29, 0.717) is 0 Å². The molecule has 0 saturated carbocycles. The maximum Gasteiger partial charge on any atom is 2.00 e. The summed E-state index contributed by atoms with van der Waals surface area (Å²) in [7, 11) is 0. The van der Waals surface area contributed by atoms with Crippen LogP contribution in [0.4, 0.5) is 0 Å². The molecule has 0 aromatic rings. The normalized spacial score (nSPS) is 0. The van der Waals surface area contributed by atoms with Crippen molar-refractivity contribution in [2.24, 2.45) is 0 Å². The Balaban J connectivity index is 0. The van der Waals surface area contributed by atoms with Crippen molar-refractivity contribution in [3.63, 3.8) is 0 Å². The molecule has 0 aromatic carbocycles. The largest absolute Gasteiger partial charge is 2.00 e. The third-order valence-corrected chi connectivity index (χ3v) is 0. The maximum atomic E-state index is 0. The van der Waals surface area contributed by atoms with Gasteiger partial charge in [-0.25, -0.2) is 0 Å². The van der Waals surface area contributed by atoms with E-state index in [9.17, 15) is 0 Å². The first-order chi connectivity index (χ1) is 0. The Morgan fingerprint density at radius 3 is 0.750 bits per heavy atom. The van der Waals surface area contributed by atoms with Gasteiger partial charge in [0, 0.05) is 0 Å². The van der Waals surface area contributed by atoms with E-state index in [2.05, 4.69) is 0 Å². The molecule has 4 heteroatoms. The molecule has 0 rings (SSSR count). The van der Waals surface area contributed by atoms with Gasteiger partial charge in [0.15, 0.2) is 0 Å². The summed E-state index contributed by atoms with van der Waals surface area (Å²) in [6.07, 6.45) is 0. The van der Waals surface area contributed by atoms with Gasteiger partial charge in [-0.05, 0) is 0 Å². The average Bonchev–Trinajstić information content (AvgIpc) is 0. The zero-order chi connectivity index (χ0) is 0. The van der Waals surface area contributed by atoms with Gasteiger partial charge in [-0.2, -0.15) is 0 Å². The molecule has 0 nitrogen and oxygen atoms in total. The Labute approximate surface area is 119 Å². The molecule has 0 heterocycles. The van der Waals surface area contributed by atoms with Crippen LogP contribution in [0.3, 0.4) is 0 Å². The van der Waals surface area contributed by atoms with Gasteiger partial charge in [0.2, 0.25) is 0 Å². The van der Waals surface area contributed by atoms with E-state index < -0.39 is 0 Å². The molecule has 0 spiro atoms. The Hall–Kier alpha value is 3.86. The first-order valence-electron chi connectivity index (χ1n) is 0. The first-order valence-corrected chi connectivity index (χ1v) is 0. The molecule has 0 saturated heterocycles. The summed E-state index contributed by atoms with van der Waals surface area (Å²) in [4.78, 5) is 0. The number of rotatable bonds is 0. The molecule has 16 valence electrons. The Morgan fingerprint density at radius 1 is 0.750 bits per heavy atom. The van der Waals surface area contributed by atoms with E-state index in [4.69, 9.17) is 0 Å². The van der Waals surface area contributed by atoms with Crippen molar-refractivity contribution >= 4 is 71.7 Å². The van der Waals surface area contributed by atoms with Crippen LogP contribution in [-0.2, 0) is 0 Å². The van der Waals surface area contributed by atoms with Crippen LogP contribution < -0.4 is 51.4 Å². The molecule has 0 aliphatic rings. The van der Waals surface area contributed by atoms with Gasteiger partial charge < -0.3 is 0 Å². The molecule has 0 atom stereocenters. The summed E-state index contributed by atoms with van der Waals surface area (Å²) in [5.74, 6) is 0. The van der Waals surface area contributed by atoms with Crippen LogP contribution in [0.15, 0.2) is 0 Å². The van der Waals surface area contributed by atoms with Gasteiger partial charge in [0.25, 0.3) is 0 Å². The molecule has 0 amide bonds. The average molecular weight is 241 g/mol. The molecule has 0 unspecified atom stereocenters. The minimum atomic E-state index is 0. The predicted molar refractivity (Wildman–Crippen MR) is 26.4 cm³/mol. The Bertz CT molecular complexity index is 6.00. The van der Waals surface area contributed by atoms with E-state index in [-0.39, 0.29) is 123 Å². The molecule has 0 bridgehead atoms. The third-order valence-electron chi connectivity index (χ3n) is 0. The fourth-order valence-electron chi connectivity index (χ4n) is 0. The van der Waals surface area contributed by atoms with E-state index in [1.807, 2.05) is 0 Å². The van der Waals surface area contributed by atoms with Crippen molar-refractivity contribution in [3.05, 3.63) is 0 Å². The van der Waals surface area contributed by atoms with Crippen molar-refractivity contribution < 1.29 is 51.4 Å². The zero-order valence-corrected chi connectivity index (χ0v) is 11.3. The maximum absolute atomic E-state index is 0. The quantitative estimate of drug-likeness (QED) is 0.421. The Kier molecular flexibility index (Phi) is 98.2. The summed E-state index contributed by atoms with van der Waals surface area (Å²) in [5.41, 5.74) is 0. The molecular formula is H2Br2CaK+3. The van der Waals surface area contributed by atoms with Crippen molar-refractivity contribution in [1.29, 1.82) is 0 Å². The fourth-order valence-corrected chi connectivity index (χ4v) is 0. The van der Waals surface area contributed by atoms with Crippen LogP contribution in [0.1, 0.15) is 0 Å². The van der Waals surface area contributed by atoms with Crippen LogP contribution in [-0.4, -0.2) is 37.7 Å². The van der Waals surface area contributed by atoms with Gasteiger partial charge in [0.1, 0.15) is 0 Å². The molecule has 0 radical (unpaired) electrons. The second-order valence-corrected chi connectivity index (χ2v) is 0. The standard InChI is InChI=1S/2BrH.Ca.K/h2*1H;;/q;;+2;+1. The summed E-state index contributed by atoms with van der Waals surface area (Å²) >= 11 is 0. The summed E-state index contributed by atoms with van der Waals surface area (Å²) in [6, 6.07) is 0. The number of halogens is 2. The van der Waals surface area contributed by atoms with Crippen LogP contribution in [0.25, 0.3) is 0 Å². The number of hydrogen-bond acceptors (Lipinski definition) is 0. The molecular weight excluding hydrogens is 239 g/mol. The fraction of sp³-hybridized carbons (Fsp3) is 0. The zero-order valence-electron chi connectivity index (χ0n) is 2.52. The van der Waals surface area contributed by atoms with Gasteiger partial charge in [-0.1, -0.05) is 0 Å². The van der Waals surface area contributed by atoms with E-state index in [0.717, 1.165) is 0 Å². The van der Waals surface area contributed by atoms with Crippen molar-refractivity contribution in [1.82, 2.24) is 0 Å². The molecule has 0 aliphatic carbocycles. The second kappa shape index (κ2) is 15.8.